The van der Waals surface area contributed by atoms with Crippen LogP contribution in [0.3, 0.4) is 0 Å². The first-order valence-electron chi connectivity index (χ1n) is 11.1. The van der Waals surface area contributed by atoms with E-state index in [9.17, 15) is 9.90 Å². The Morgan fingerprint density at radius 2 is 1.21 bits per heavy atom. The summed E-state index contributed by atoms with van der Waals surface area (Å²) in [6.45, 7) is 5.57. The number of hydrogen-bond donors (Lipinski definition) is 1. The van der Waals surface area contributed by atoms with Gasteiger partial charge in [0, 0.05) is 5.92 Å². The third kappa shape index (κ3) is 5.24. The lowest BCUT2D eigenvalue weighted by molar-refractivity contribution is 0.0421. The lowest BCUT2D eigenvalue weighted by Gasteiger charge is -2.35. The Labute approximate surface area is 195 Å². The van der Waals surface area contributed by atoms with E-state index in [0.717, 1.165) is 16.7 Å². The van der Waals surface area contributed by atoms with E-state index >= 15 is 0 Å². The molecule has 3 aromatic rings. The predicted molar refractivity (Wildman–Crippen MR) is 132 cm³/mol. The molecule has 4 nitrogen and oxygen atoms in total. The average Bonchev–Trinajstić information content (AvgIpc) is 2.83. The minimum atomic E-state index is -0.760. The quantitative estimate of drug-likeness (QED) is 0.494. The SMILES string of the molecule is CC(C)(C)OC(=O)N1C(c2ccccc2)=CC(C(O)c2ccccc2)C=C1c1ccccc1. The molecule has 1 unspecified atom stereocenters. The standard InChI is InChI=1S/C29H29NO3/c1-29(2,3)33-28(32)30-25(21-13-7-4-8-14-21)19-24(27(31)23-17-11-6-12-18-23)20-26(30)22-15-9-5-10-16-22/h4-20,24,27,31H,1-3H3. The van der Waals surface area contributed by atoms with Gasteiger partial charge in [-0.05, 0) is 49.6 Å². The Hall–Kier alpha value is -3.63. The Morgan fingerprint density at radius 3 is 1.64 bits per heavy atom. The largest absolute Gasteiger partial charge is 0.443 e. The first kappa shape index (κ1) is 22.6. The Bertz CT molecular complexity index is 1090. The molecule has 0 saturated heterocycles. The summed E-state index contributed by atoms with van der Waals surface area (Å²) in [5, 5.41) is 11.3. The molecule has 4 heteroatoms. The third-order valence-electron chi connectivity index (χ3n) is 5.40. The van der Waals surface area contributed by atoms with Gasteiger partial charge in [0.25, 0.3) is 0 Å². The highest BCUT2D eigenvalue weighted by atomic mass is 16.6. The number of nitrogens with zero attached hydrogens (tertiary/aromatic N) is 1. The van der Waals surface area contributed by atoms with Gasteiger partial charge in [-0.1, -0.05) is 91.0 Å². The molecule has 0 radical (unpaired) electrons. The molecular weight excluding hydrogens is 410 g/mol. The molecule has 0 bridgehead atoms. The van der Waals surface area contributed by atoms with E-state index in [1.165, 1.54) is 0 Å². The van der Waals surface area contributed by atoms with E-state index in [1.54, 1.807) is 4.90 Å². The lowest BCUT2D eigenvalue weighted by atomic mass is 9.88. The Balaban J connectivity index is 1.87. The van der Waals surface area contributed by atoms with Gasteiger partial charge in [-0.15, -0.1) is 0 Å². The molecule has 1 atom stereocenters. The maximum Gasteiger partial charge on any atom is 0.419 e. The van der Waals surface area contributed by atoms with Gasteiger partial charge in [0.05, 0.1) is 17.5 Å². The number of carbonyl (C=O) groups is 1. The second-order valence-corrected chi connectivity index (χ2v) is 9.08. The zero-order valence-electron chi connectivity index (χ0n) is 19.2. The maximum absolute atomic E-state index is 13.5. The molecule has 1 aliphatic rings. The molecule has 168 valence electrons. The number of rotatable bonds is 4. The van der Waals surface area contributed by atoms with Crippen LogP contribution in [0.2, 0.25) is 0 Å². The second kappa shape index (κ2) is 9.47. The summed E-state index contributed by atoms with van der Waals surface area (Å²) in [6, 6.07) is 29.1. The van der Waals surface area contributed by atoms with Crippen LogP contribution in [0.15, 0.2) is 103 Å². The Morgan fingerprint density at radius 1 is 0.788 bits per heavy atom. The minimum absolute atomic E-state index is 0.337. The summed E-state index contributed by atoms with van der Waals surface area (Å²) in [6.07, 6.45) is 2.68. The molecule has 33 heavy (non-hydrogen) atoms. The van der Waals surface area contributed by atoms with E-state index in [1.807, 2.05) is 124 Å². The number of benzene rings is 3. The molecule has 0 aliphatic carbocycles. The van der Waals surface area contributed by atoms with Crippen molar-refractivity contribution in [3.8, 4) is 0 Å². The van der Waals surface area contributed by atoms with E-state index in [2.05, 4.69) is 0 Å². The van der Waals surface area contributed by atoms with Crippen molar-refractivity contribution in [3.05, 3.63) is 120 Å². The summed E-state index contributed by atoms with van der Waals surface area (Å²) in [5.74, 6) is -0.337. The van der Waals surface area contributed by atoms with E-state index in [-0.39, 0.29) is 5.92 Å². The second-order valence-electron chi connectivity index (χ2n) is 9.08. The molecule has 4 rings (SSSR count). The van der Waals surface area contributed by atoms with Crippen LogP contribution < -0.4 is 0 Å². The van der Waals surface area contributed by atoms with Gasteiger partial charge in [0.2, 0.25) is 0 Å². The van der Waals surface area contributed by atoms with Crippen molar-refractivity contribution in [1.82, 2.24) is 4.90 Å². The van der Waals surface area contributed by atoms with E-state index < -0.39 is 17.8 Å². The van der Waals surface area contributed by atoms with Gasteiger partial charge in [-0.2, -0.15) is 0 Å². The van der Waals surface area contributed by atoms with Crippen LogP contribution in [0.4, 0.5) is 4.79 Å². The van der Waals surface area contributed by atoms with Gasteiger partial charge >= 0.3 is 6.09 Å². The van der Waals surface area contributed by atoms with Crippen molar-refractivity contribution in [2.45, 2.75) is 32.5 Å². The summed E-state index contributed by atoms with van der Waals surface area (Å²) < 4.78 is 5.80. The molecule has 3 aromatic carbocycles. The number of aliphatic hydroxyl groups excluding tert-OH is 1. The fourth-order valence-corrected chi connectivity index (χ4v) is 3.92. The monoisotopic (exact) mass is 439 g/mol. The van der Waals surface area contributed by atoms with Gasteiger partial charge in [0.15, 0.2) is 0 Å². The van der Waals surface area contributed by atoms with Crippen LogP contribution in [-0.4, -0.2) is 21.7 Å². The highest BCUT2D eigenvalue weighted by Gasteiger charge is 2.34. The summed E-state index contributed by atoms with van der Waals surface area (Å²) >= 11 is 0. The lowest BCUT2D eigenvalue weighted by Crippen LogP contribution is -2.37. The summed E-state index contributed by atoms with van der Waals surface area (Å²) in [4.78, 5) is 15.1. The third-order valence-corrected chi connectivity index (χ3v) is 5.40. The van der Waals surface area contributed by atoms with Crippen LogP contribution in [0.5, 0.6) is 0 Å². The molecule has 1 N–H and O–H groups in total. The summed E-state index contributed by atoms with van der Waals surface area (Å²) in [5.41, 5.74) is 3.28. The first-order valence-corrected chi connectivity index (χ1v) is 11.1. The van der Waals surface area contributed by atoms with Crippen molar-refractivity contribution in [3.63, 3.8) is 0 Å². The minimum Gasteiger partial charge on any atom is -0.443 e. The Kier molecular flexibility index (Phi) is 6.47. The van der Waals surface area contributed by atoms with Crippen molar-refractivity contribution in [2.24, 2.45) is 5.92 Å². The molecule has 0 saturated carbocycles. The highest BCUT2D eigenvalue weighted by Crippen LogP contribution is 2.40. The topological polar surface area (TPSA) is 49.8 Å². The molecule has 0 spiro atoms. The fraction of sp³-hybridized carbons (Fsp3) is 0.207. The molecule has 1 heterocycles. The normalized spacial score (nSPS) is 15.5. The van der Waals surface area contributed by atoms with Crippen molar-refractivity contribution in [2.75, 3.05) is 0 Å². The van der Waals surface area contributed by atoms with Crippen LogP contribution in [0.25, 0.3) is 11.4 Å². The number of carbonyl (C=O) groups excluding carboxylic acids is 1. The van der Waals surface area contributed by atoms with E-state index in [4.69, 9.17) is 4.74 Å². The highest BCUT2D eigenvalue weighted by molar-refractivity contribution is 5.95. The smallest absolute Gasteiger partial charge is 0.419 e. The van der Waals surface area contributed by atoms with Gasteiger partial charge < -0.3 is 9.84 Å². The number of amides is 1. The molecule has 1 aliphatic heterocycles. The van der Waals surface area contributed by atoms with Crippen LogP contribution >= 0.6 is 0 Å². The summed E-state index contributed by atoms with van der Waals surface area (Å²) in [7, 11) is 0. The molecule has 0 aromatic heterocycles. The van der Waals surface area contributed by atoms with Gasteiger partial charge in [-0.3, -0.25) is 0 Å². The van der Waals surface area contributed by atoms with Gasteiger partial charge in [-0.25, -0.2) is 9.69 Å². The predicted octanol–water partition coefficient (Wildman–Crippen LogP) is 6.67. The van der Waals surface area contributed by atoms with E-state index in [0.29, 0.717) is 11.4 Å². The number of hydrogen-bond acceptors (Lipinski definition) is 3. The molecular formula is C29H29NO3. The van der Waals surface area contributed by atoms with Crippen molar-refractivity contribution >= 4 is 17.5 Å². The van der Waals surface area contributed by atoms with Gasteiger partial charge in [0.1, 0.15) is 5.60 Å². The van der Waals surface area contributed by atoms with Crippen molar-refractivity contribution < 1.29 is 14.6 Å². The van der Waals surface area contributed by atoms with Crippen LogP contribution in [0.1, 0.15) is 43.6 Å². The average molecular weight is 440 g/mol. The number of ether oxygens (including phenoxy) is 1. The molecule has 0 fully saturated rings. The first-order chi connectivity index (χ1) is 15.8. The van der Waals surface area contributed by atoms with Crippen molar-refractivity contribution in [1.29, 1.82) is 0 Å². The number of aliphatic hydroxyl groups is 1. The van der Waals surface area contributed by atoms with Crippen LogP contribution in [-0.2, 0) is 4.74 Å². The molecule has 1 amide bonds. The van der Waals surface area contributed by atoms with Crippen LogP contribution in [0, 0.1) is 5.92 Å². The zero-order valence-corrected chi connectivity index (χ0v) is 19.2. The fourth-order valence-electron chi connectivity index (χ4n) is 3.92. The zero-order chi connectivity index (χ0) is 23.4. The maximum atomic E-state index is 13.5.